The number of rotatable bonds is 1. The summed E-state index contributed by atoms with van der Waals surface area (Å²) in [5.41, 5.74) is 0. The van der Waals surface area contributed by atoms with Crippen molar-refractivity contribution in [1.29, 1.82) is 0 Å². The van der Waals surface area contributed by atoms with Gasteiger partial charge in [-0.3, -0.25) is 4.79 Å². The van der Waals surface area contributed by atoms with Gasteiger partial charge in [-0.2, -0.15) is 0 Å². The van der Waals surface area contributed by atoms with Gasteiger partial charge in [-0.25, -0.2) is 0 Å². The molecule has 1 aliphatic carbocycles. The second kappa shape index (κ2) is 3.21. The summed E-state index contributed by atoms with van der Waals surface area (Å²) in [5, 5.41) is 0. The van der Waals surface area contributed by atoms with E-state index in [2.05, 4.69) is 0 Å². The van der Waals surface area contributed by atoms with E-state index in [-0.39, 0.29) is 0 Å². The van der Waals surface area contributed by atoms with Crippen molar-refractivity contribution >= 4 is 17.4 Å². The molecular formula is C7H11ClO. The molecule has 0 spiro atoms. The van der Waals surface area contributed by atoms with Gasteiger partial charge in [-0.1, -0.05) is 0 Å². The third-order valence-corrected chi connectivity index (χ3v) is 2.24. The van der Waals surface area contributed by atoms with Gasteiger partial charge in [0.15, 0.2) is 0 Å². The van der Waals surface area contributed by atoms with Gasteiger partial charge in [-0.05, 0) is 18.8 Å². The molecule has 0 aromatic rings. The molecule has 1 nitrogen and oxygen atoms in total. The Labute approximate surface area is 60.4 Å². The van der Waals surface area contributed by atoms with E-state index in [0.29, 0.717) is 17.6 Å². The van der Waals surface area contributed by atoms with E-state index in [4.69, 9.17) is 11.6 Å². The summed E-state index contributed by atoms with van der Waals surface area (Å²) in [6.45, 7) is 0. The SMILES string of the molecule is O=C1CCC[C@@H](CCl)C1. The van der Waals surface area contributed by atoms with Crippen molar-refractivity contribution in [3.63, 3.8) is 0 Å². The highest BCUT2D eigenvalue weighted by molar-refractivity contribution is 6.18. The maximum Gasteiger partial charge on any atom is 0.133 e. The van der Waals surface area contributed by atoms with Crippen molar-refractivity contribution in [2.24, 2.45) is 5.92 Å². The first kappa shape index (κ1) is 7.07. The fourth-order valence-corrected chi connectivity index (χ4v) is 1.51. The minimum Gasteiger partial charge on any atom is -0.300 e. The zero-order valence-electron chi connectivity index (χ0n) is 5.40. The standard InChI is InChI=1S/C7H11ClO/c8-5-6-2-1-3-7(9)4-6/h6H,1-5H2/t6-/m1/s1. The number of halogens is 1. The van der Waals surface area contributed by atoms with Crippen LogP contribution in [0.1, 0.15) is 25.7 Å². The largest absolute Gasteiger partial charge is 0.300 e. The quantitative estimate of drug-likeness (QED) is 0.517. The van der Waals surface area contributed by atoms with E-state index >= 15 is 0 Å². The highest BCUT2D eigenvalue weighted by Crippen LogP contribution is 2.21. The summed E-state index contributed by atoms with van der Waals surface area (Å²) in [7, 11) is 0. The highest BCUT2D eigenvalue weighted by Gasteiger charge is 2.17. The Morgan fingerprint density at radius 2 is 2.44 bits per heavy atom. The molecule has 1 saturated carbocycles. The second-order valence-corrected chi connectivity index (χ2v) is 2.96. The van der Waals surface area contributed by atoms with Crippen LogP contribution in [0.2, 0.25) is 0 Å². The zero-order chi connectivity index (χ0) is 6.69. The first-order valence-corrected chi connectivity index (χ1v) is 3.94. The normalized spacial score (nSPS) is 28.6. The van der Waals surface area contributed by atoms with Gasteiger partial charge >= 0.3 is 0 Å². The summed E-state index contributed by atoms with van der Waals surface area (Å²) in [6, 6.07) is 0. The molecular weight excluding hydrogens is 136 g/mol. The summed E-state index contributed by atoms with van der Waals surface area (Å²) in [5.74, 6) is 1.53. The molecule has 0 saturated heterocycles. The molecule has 0 amide bonds. The Hall–Kier alpha value is -0.0400. The lowest BCUT2D eigenvalue weighted by Crippen LogP contribution is -2.15. The van der Waals surface area contributed by atoms with Gasteiger partial charge in [0.2, 0.25) is 0 Å². The molecule has 0 aromatic carbocycles. The minimum atomic E-state index is 0.395. The maximum atomic E-state index is 10.8. The first-order chi connectivity index (χ1) is 4.33. The van der Waals surface area contributed by atoms with E-state index < -0.39 is 0 Å². The molecule has 0 unspecified atom stereocenters. The molecule has 9 heavy (non-hydrogen) atoms. The molecule has 1 atom stereocenters. The van der Waals surface area contributed by atoms with Crippen molar-refractivity contribution in [3.05, 3.63) is 0 Å². The molecule has 0 aromatic heterocycles. The fourth-order valence-electron chi connectivity index (χ4n) is 1.25. The third-order valence-electron chi connectivity index (χ3n) is 1.80. The molecule has 0 aliphatic heterocycles. The number of ketones is 1. The number of carbonyl (C=O) groups is 1. The van der Waals surface area contributed by atoms with Crippen LogP contribution in [-0.4, -0.2) is 11.7 Å². The number of hydrogen-bond donors (Lipinski definition) is 0. The Morgan fingerprint density at radius 3 is 2.89 bits per heavy atom. The summed E-state index contributed by atoms with van der Waals surface area (Å²) in [6.07, 6.45) is 3.71. The van der Waals surface area contributed by atoms with Crippen molar-refractivity contribution in [1.82, 2.24) is 0 Å². The van der Waals surface area contributed by atoms with Crippen LogP contribution in [0.4, 0.5) is 0 Å². The van der Waals surface area contributed by atoms with Crippen LogP contribution in [-0.2, 0) is 4.79 Å². The van der Waals surface area contributed by atoms with Gasteiger partial charge in [0.1, 0.15) is 5.78 Å². The van der Waals surface area contributed by atoms with Crippen molar-refractivity contribution in [2.45, 2.75) is 25.7 Å². The second-order valence-electron chi connectivity index (χ2n) is 2.66. The molecule has 0 radical (unpaired) electrons. The van der Waals surface area contributed by atoms with Crippen LogP contribution in [0, 0.1) is 5.92 Å². The van der Waals surface area contributed by atoms with Crippen LogP contribution >= 0.6 is 11.6 Å². The molecule has 0 bridgehead atoms. The van der Waals surface area contributed by atoms with E-state index in [0.717, 1.165) is 25.7 Å². The van der Waals surface area contributed by atoms with Gasteiger partial charge in [0.25, 0.3) is 0 Å². The number of Topliss-reactive ketones (excluding diaryl/α,β-unsaturated/α-hetero) is 1. The Bertz CT molecular complexity index is 111. The third kappa shape index (κ3) is 1.98. The molecule has 1 rings (SSSR count). The smallest absolute Gasteiger partial charge is 0.133 e. The van der Waals surface area contributed by atoms with Gasteiger partial charge < -0.3 is 0 Å². The molecule has 52 valence electrons. The van der Waals surface area contributed by atoms with Crippen LogP contribution in [0.15, 0.2) is 0 Å². The lowest BCUT2D eigenvalue weighted by Gasteiger charge is -2.17. The maximum absolute atomic E-state index is 10.8. The molecule has 1 aliphatic rings. The van der Waals surface area contributed by atoms with E-state index in [1.54, 1.807) is 0 Å². The summed E-state index contributed by atoms with van der Waals surface area (Å²) >= 11 is 5.59. The topological polar surface area (TPSA) is 17.1 Å². The predicted molar refractivity (Wildman–Crippen MR) is 37.7 cm³/mol. The zero-order valence-corrected chi connectivity index (χ0v) is 6.16. The number of alkyl halides is 1. The lowest BCUT2D eigenvalue weighted by molar-refractivity contribution is -0.121. The Kier molecular flexibility index (Phi) is 2.52. The van der Waals surface area contributed by atoms with Crippen LogP contribution in [0.5, 0.6) is 0 Å². The molecule has 0 heterocycles. The van der Waals surface area contributed by atoms with Crippen LogP contribution in [0.3, 0.4) is 0 Å². The monoisotopic (exact) mass is 146 g/mol. The number of carbonyl (C=O) groups excluding carboxylic acids is 1. The highest BCUT2D eigenvalue weighted by atomic mass is 35.5. The first-order valence-electron chi connectivity index (χ1n) is 3.40. The van der Waals surface area contributed by atoms with Gasteiger partial charge in [0, 0.05) is 18.7 Å². The van der Waals surface area contributed by atoms with E-state index in [1.807, 2.05) is 0 Å². The molecule has 2 heteroatoms. The van der Waals surface area contributed by atoms with Gasteiger partial charge in [0.05, 0.1) is 0 Å². The van der Waals surface area contributed by atoms with Crippen LogP contribution in [0.25, 0.3) is 0 Å². The van der Waals surface area contributed by atoms with Crippen molar-refractivity contribution in [2.75, 3.05) is 5.88 Å². The summed E-state index contributed by atoms with van der Waals surface area (Å²) in [4.78, 5) is 10.8. The van der Waals surface area contributed by atoms with Crippen molar-refractivity contribution < 1.29 is 4.79 Å². The fraction of sp³-hybridized carbons (Fsp3) is 0.857. The van der Waals surface area contributed by atoms with Gasteiger partial charge in [-0.15, -0.1) is 11.6 Å². The minimum absolute atomic E-state index is 0.395. The van der Waals surface area contributed by atoms with Crippen LogP contribution < -0.4 is 0 Å². The Morgan fingerprint density at radius 1 is 1.67 bits per heavy atom. The Balaban J connectivity index is 2.32. The predicted octanol–water partition coefficient (Wildman–Crippen LogP) is 1.98. The molecule has 0 N–H and O–H groups in total. The van der Waals surface area contributed by atoms with Crippen molar-refractivity contribution in [3.8, 4) is 0 Å². The average molecular weight is 147 g/mol. The van der Waals surface area contributed by atoms with E-state index in [1.165, 1.54) is 0 Å². The number of hydrogen-bond acceptors (Lipinski definition) is 1. The average Bonchev–Trinajstić information content (AvgIpc) is 1.88. The lowest BCUT2D eigenvalue weighted by atomic mass is 9.90. The van der Waals surface area contributed by atoms with E-state index in [9.17, 15) is 4.79 Å². The molecule has 1 fully saturated rings. The summed E-state index contributed by atoms with van der Waals surface area (Å²) < 4.78 is 0.